The number of hydrogen-bond acceptors (Lipinski definition) is 4. The summed E-state index contributed by atoms with van der Waals surface area (Å²) in [5, 5.41) is 12.6. The van der Waals surface area contributed by atoms with Crippen LogP contribution in [0.15, 0.2) is 24.3 Å². The lowest BCUT2D eigenvalue weighted by atomic mass is 10.1. The van der Waals surface area contributed by atoms with Gasteiger partial charge in [-0.05, 0) is 31.0 Å². The van der Waals surface area contributed by atoms with E-state index in [2.05, 4.69) is 5.32 Å². The molecule has 1 rings (SSSR count). The molecule has 0 fully saturated rings. The van der Waals surface area contributed by atoms with Gasteiger partial charge in [0.25, 0.3) is 0 Å². The summed E-state index contributed by atoms with van der Waals surface area (Å²) < 4.78 is 5.04. The SMILES string of the molecule is COc1ccc(C(O)CNC(=O)CCC(C)N)cc1. The van der Waals surface area contributed by atoms with E-state index >= 15 is 0 Å². The first kappa shape index (κ1) is 15.5. The molecule has 0 aromatic heterocycles. The molecule has 0 aliphatic carbocycles. The molecule has 5 heteroatoms. The van der Waals surface area contributed by atoms with E-state index in [1.54, 1.807) is 31.4 Å². The number of benzene rings is 1. The molecular weight excluding hydrogens is 244 g/mol. The minimum Gasteiger partial charge on any atom is -0.497 e. The van der Waals surface area contributed by atoms with Crippen LogP contribution in [-0.4, -0.2) is 30.7 Å². The summed E-state index contributed by atoms with van der Waals surface area (Å²) in [4.78, 5) is 11.5. The van der Waals surface area contributed by atoms with Gasteiger partial charge in [-0.3, -0.25) is 4.79 Å². The average Bonchev–Trinajstić information content (AvgIpc) is 2.42. The van der Waals surface area contributed by atoms with E-state index in [0.717, 1.165) is 11.3 Å². The number of aliphatic hydroxyl groups is 1. The Labute approximate surface area is 113 Å². The molecular formula is C14H22N2O3. The predicted octanol–water partition coefficient (Wildman–Crippen LogP) is 0.972. The molecule has 0 aliphatic rings. The molecule has 2 unspecified atom stereocenters. The minimum absolute atomic E-state index is 0.0114. The third-order valence-electron chi connectivity index (χ3n) is 2.82. The molecule has 1 aromatic carbocycles. The van der Waals surface area contributed by atoms with Gasteiger partial charge in [-0.2, -0.15) is 0 Å². The second-order valence-corrected chi connectivity index (χ2v) is 4.61. The van der Waals surface area contributed by atoms with Crippen molar-refractivity contribution in [3.8, 4) is 5.75 Å². The van der Waals surface area contributed by atoms with Gasteiger partial charge >= 0.3 is 0 Å². The molecule has 0 radical (unpaired) electrons. The summed E-state index contributed by atoms with van der Waals surface area (Å²) in [7, 11) is 1.59. The molecule has 19 heavy (non-hydrogen) atoms. The maximum Gasteiger partial charge on any atom is 0.220 e. The number of carbonyl (C=O) groups excluding carboxylic acids is 1. The number of rotatable bonds is 7. The van der Waals surface area contributed by atoms with Gasteiger partial charge in [-0.1, -0.05) is 12.1 Å². The molecule has 0 heterocycles. The maximum absolute atomic E-state index is 11.5. The zero-order valence-electron chi connectivity index (χ0n) is 11.4. The third kappa shape index (κ3) is 5.72. The Balaban J connectivity index is 2.37. The van der Waals surface area contributed by atoms with E-state index < -0.39 is 6.10 Å². The van der Waals surface area contributed by atoms with Gasteiger partial charge in [-0.15, -0.1) is 0 Å². The van der Waals surface area contributed by atoms with Crippen molar-refractivity contribution in [3.05, 3.63) is 29.8 Å². The summed E-state index contributed by atoms with van der Waals surface area (Å²) in [6.07, 6.45) is 0.308. The van der Waals surface area contributed by atoms with Crippen molar-refractivity contribution in [2.75, 3.05) is 13.7 Å². The molecule has 0 saturated carbocycles. The summed E-state index contributed by atoms with van der Waals surface area (Å²) >= 11 is 0. The van der Waals surface area contributed by atoms with Crippen molar-refractivity contribution in [1.82, 2.24) is 5.32 Å². The van der Waals surface area contributed by atoms with Crippen LogP contribution < -0.4 is 15.8 Å². The van der Waals surface area contributed by atoms with Crippen LogP contribution in [0.3, 0.4) is 0 Å². The number of aliphatic hydroxyl groups excluding tert-OH is 1. The Hall–Kier alpha value is -1.59. The van der Waals surface area contributed by atoms with Crippen LogP contribution in [0.1, 0.15) is 31.4 Å². The van der Waals surface area contributed by atoms with Crippen molar-refractivity contribution in [1.29, 1.82) is 0 Å². The summed E-state index contributed by atoms with van der Waals surface area (Å²) in [5.41, 5.74) is 6.32. The largest absolute Gasteiger partial charge is 0.497 e. The zero-order valence-corrected chi connectivity index (χ0v) is 11.4. The second-order valence-electron chi connectivity index (χ2n) is 4.61. The quantitative estimate of drug-likeness (QED) is 0.686. The lowest BCUT2D eigenvalue weighted by Crippen LogP contribution is -2.29. The van der Waals surface area contributed by atoms with Gasteiger partial charge in [0.2, 0.25) is 5.91 Å². The standard InChI is InChI=1S/C14H22N2O3/c1-10(15)3-8-14(18)16-9-13(17)11-4-6-12(19-2)7-5-11/h4-7,10,13,17H,3,8-9,15H2,1-2H3,(H,16,18). The number of methoxy groups -OCH3 is 1. The Morgan fingerprint density at radius 2 is 2.05 bits per heavy atom. The van der Waals surface area contributed by atoms with Crippen molar-refractivity contribution in [2.45, 2.75) is 31.9 Å². The van der Waals surface area contributed by atoms with Crippen molar-refractivity contribution in [2.24, 2.45) is 5.73 Å². The van der Waals surface area contributed by atoms with Crippen molar-refractivity contribution in [3.63, 3.8) is 0 Å². The summed E-state index contributed by atoms with van der Waals surface area (Å²) in [6, 6.07) is 7.11. The molecule has 5 nitrogen and oxygen atoms in total. The van der Waals surface area contributed by atoms with Crippen LogP contribution in [0.2, 0.25) is 0 Å². The highest BCUT2D eigenvalue weighted by molar-refractivity contribution is 5.75. The number of nitrogens with two attached hydrogens (primary N) is 1. The van der Waals surface area contributed by atoms with Gasteiger partial charge in [0.05, 0.1) is 13.2 Å². The molecule has 4 N–H and O–H groups in total. The third-order valence-corrected chi connectivity index (χ3v) is 2.82. The number of hydrogen-bond donors (Lipinski definition) is 3. The Morgan fingerprint density at radius 3 is 2.58 bits per heavy atom. The lowest BCUT2D eigenvalue weighted by Gasteiger charge is -2.13. The smallest absolute Gasteiger partial charge is 0.220 e. The molecule has 1 aromatic rings. The summed E-state index contributed by atoms with van der Waals surface area (Å²) in [6.45, 7) is 2.06. The Bertz CT molecular complexity index is 390. The fraction of sp³-hybridized carbons (Fsp3) is 0.500. The number of ether oxygens (including phenoxy) is 1. The topological polar surface area (TPSA) is 84.6 Å². The minimum atomic E-state index is -0.717. The summed E-state index contributed by atoms with van der Waals surface area (Å²) in [5.74, 6) is 0.641. The van der Waals surface area contributed by atoms with E-state index in [1.807, 2.05) is 6.92 Å². The van der Waals surface area contributed by atoms with Crippen LogP contribution in [0.5, 0.6) is 5.75 Å². The first-order valence-corrected chi connectivity index (χ1v) is 6.37. The highest BCUT2D eigenvalue weighted by Gasteiger charge is 2.10. The number of amides is 1. The monoisotopic (exact) mass is 266 g/mol. The van der Waals surface area contributed by atoms with Crippen LogP contribution >= 0.6 is 0 Å². The van der Waals surface area contributed by atoms with Crippen LogP contribution in [0, 0.1) is 0 Å². The van der Waals surface area contributed by atoms with Gasteiger partial charge in [0.15, 0.2) is 0 Å². The first-order valence-electron chi connectivity index (χ1n) is 6.37. The van der Waals surface area contributed by atoms with E-state index in [0.29, 0.717) is 12.8 Å². The fourth-order valence-electron chi connectivity index (χ4n) is 1.60. The van der Waals surface area contributed by atoms with Crippen LogP contribution in [0.4, 0.5) is 0 Å². The van der Waals surface area contributed by atoms with Gasteiger partial charge in [0, 0.05) is 19.0 Å². The van der Waals surface area contributed by atoms with Gasteiger partial charge < -0.3 is 20.9 Å². The Morgan fingerprint density at radius 1 is 1.42 bits per heavy atom. The first-order chi connectivity index (χ1) is 9.02. The van der Waals surface area contributed by atoms with E-state index in [-0.39, 0.29) is 18.5 Å². The zero-order chi connectivity index (χ0) is 14.3. The van der Waals surface area contributed by atoms with Crippen LogP contribution in [-0.2, 0) is 4.79 Å². The van der Waals surface area contributed by atoms with Crippen molar-refractivity contribution >= 4 is 5.91 Å². The highest BCUT2D eigenvalue weighted by Crippen LogP contribution is 2.16. The van der Waals surface area contributed by atoms with E-state index in [4.69, 9.17) is 10.5 Å². The molecule has 2 atom stereocenters. The molecule has 106 valence electrons. The van der Waals surface area contributed by atoms with Crippen LogP contribution in [0.25, 0.3) is 0 Å². The lowest BCUT2D eigenvalue weighted by molar-refractivity contribution is -0.121. The number of carbonyl (C=O) groups is 1. The highest BCUT2D eigenvalue weighted by atomic mass is 16.5. The maximum atomic E-state index is 11.5. The fourth-order valence-corrected chi connectivity index (χ4v) is 1.60. The van der Waals surface area contributed by atoms with E-state index in [9.17, 15) is 9.90 Å². The normalized spacial score (nSPS) is 13.7. The average molecular weight is 266 g/mol. The molecule has 0 bridgehead atoms. The second kappa shape index (κ2) is 7.76. The van der Waals surface area contributed by atoms with Crippen molar-refractivity contribution < 1.29 is 14.6 Å². The molecule has 0 spiro atoms. The van der Waals surface area contributed by atoms with Gasteiger partial charge in [-0.25, -0.2) is 0 Å². The molecule has 1 amide bonds. The molecule has 0 aliphatic heterocycles. The van der Waals surface area contributed by atoms with E-state index in [1.165, 1.54) is 0 Å². The Kier molecular flexibility index (Phi) is 6.32. The predicted molar refractivity (Wildman–Crippen MR) is 73.8 cm³/mol. The molecule has 0 saturated heterocycles. The number of nitrogens with one attached hydrogen (secondary N) is 1. The van der Waals surface area contributed by atoms with Gasteiger partial charge in [0.1, 0.15) is 5.75 Å².